The first kappa shape index (κ1) is 9.57. The minimum Gasteiger partial charge on any atom is -0.479 e. The Morgan fingerprint density at radius 2 is 1.85 bits per heavy atom. The zero-order chi connectivity index (χ0) is 10.0. The zero-order valence-corrected chi connectivity index (χ0v) is 8.03. The van der Waals surface area contributed by atoms with Gasteiger partial charge in [0.2, 0.25) is 11.8 Å². The van der Waals surface area contributed by atoms with Crippen LogP contribution in [0.3, 0.4) is 0 Å². The minimum atomic E-state index is 0.190. The summed E-state index contributed by atoms with van der Waals surface area (Å²) in [7, 11) is 1.50. The van der Waals surface area contributed by atoms with Crippen molar-refractivity contribution in [2.45, 2.75) is 19.8 Å². The minimum absolute atomic E-state index is 0.190. The van der Waals surface area contributed by atoms with E-state index in [1.165, 1.54) is 7.11 Å². The molecule has 0 radical (unpaired) electrons. The molecule has 4 N–H and O–H groups in total. The third-order valence-corrected chi connectivity index (χ3v) is 1.70. The van der Waals surface area contributed by atoms with Crippen molar-refractivity contribution in [1.29, 1.82) is 0 Å². The molecule has 0 aliphatic carbocycles. The fourth-order valence-corrected chi connectivity index (χ4v) is 1.08. The van der Waals surface area contributed by atoms with Crippen LogP contribution in [0.4, 0.5) is 11.6 Å². The Labute approximate surface area is 77.1 Å². The third kappa shape index (κ3) is 1.80. The van der Waals surface area contributed by atoms with E-state index in [-0.39, 0.29) is 11.9 Å². The molecule has 0 unspecified atom stereocenters. The van der Waals surface area contributed by atoms with Crippen molar-refractivity contribution in [2.75, 3.05) is 18.6 Å². The summed E-state index contributed by atoms with van der Waals surface area (Å²) in [6.45, 7) is 3.97. The van der Waals surface area contributed by atoms with Crippen molar-refractivity contribution in [3.63, 3.8) is 0 Å². The number of ether oxygens (including phenoxy) is 1. The Hall–Kier alpha value is -1.52. The number of nitrogen functional groups attached to an aromatic ring is 2. The normalized spacial score (nSPS) is 10.5. The van der Waals surface area contributed by atoms with Crippen LogP contribution in [0.1, 0.15) is 25.5 Å². The van der Waals surface area contributed by atoms with Gasteiger partial charge in [-0.15, -0.1) is 0 Å². The van der Waals surface area contributed by atoms with Crippen LogP contribution in [0, 0.1) is 0 Å². The second-order valence-corrected chi connectivity index (χ2v) is 3.04. The smallest absolute Gasteiger partial charge is 0.242 e. The number of nitrogens with two attached hydrogens (primary N) is 2. The first-order chi connectivity index (χ1) is 6.06. The van der Waals surface area contributed by atoms with E-state index in [9.17, 15) is 0 Å². The fraction of sp³-hybridized carbons (Fsp3) is 0.500. The van der Waals surface area contributed by atoms with E-state index in [2.05, 4.69) is 9.97 Å². The van der Waals surface area contributed by atoms with Gasteiger partial charge in [-0.3, -0.25) is 0 Å². The summed E-state index contributed by atoms with van der Waals surface area (Å²) in [5, 5.41) is 0. The molecule has 0 saturated carbocycles. The predicted molar refractivity (Wildman–Crippen MR) is 51.5 cm³/mol. The van der Waals surface area contributed by atoms with E-state index in [1.807, 2.05) is 13.8 Å². The van der Waals surface area contributed by atoms with Gasteiger partial charge < -0.3 is 16.2 Å². The van der Waals surface area contributed by atoms with Gasteiger partial charge in [-0.1, -0.05) is 13.8 Å². The maximum Gasteiger partial charge on any atom is 0.242 e. The second-order valence-electron chi connectivity index (χ2n) is 3.04. The van der Waals surface area contributed by atoms with Gasteiger partial charge in [0.25, 0.3) is 0 Å². The summed E-state index contributed by atoms with van der Waals surface area (Å²) in [4.78, 5) is 7.90. The van der Waals surface area contributed by atoms with Gasteiger partial charge in [0, 0.05) is 0 Å². The van der Waals surface area contributed by atoms with E-state index < -0.39 is 0 Å². The van der Waals surface area contributed by atoms with Crippen molar-refractivity contribution in [3.8, 4) is 5.88 Å². The van der Waals surface area contributed by atoms with Crippen molar-refractivity contribution >= 4 is 11.6 Å². The fourth-order valence-electron chi connectivity index (χ4n) is 1.08. The first-order valence-electron chi connectivity index (χ1n) is 4.03. The van der Waals surface area contributed by atoms with Gasteiger partial charge in [0.1, 0.15) is 5.69 Å². The van der Waals surface area contributed by atoms with Crippen molar-refractivity contribution < 1.29 is 4.74 Å². The summed E-state index contributed by atoms with van der Waals surface area (Å²) in [6.07, 6.45) is 0. The Kier molecular flexibility index (Phi) is 2.55. The molecule has 0 spiro atoms. The lowest BCUT2D eigenvalue weighted by atomic mass is 10.1. The van der Waals surface area contributed by atoms with E-state index >= 15 is 0 Å². The van der Waals surface area contributed by atoms with Crippen LogP contribution in [-0.4, -0.2) is 17.1 Å². The second kappa shape index (κ2) is 3.47. The highest BCUT2D eigenvalue weighted by Crippen LogP contribution is 2.27. The summed E-state index contributed by atoms with van der Waals surface area (Å²) < 4.78 is 4.96. The average molecular weight is 182 g/mol. The molecule has 0 fully saturated rings. The predicted octanol–water partition coefficient (Wildman–Crippen LogP) is 0.773. The summed E-state index contributed by atoms with van der Waals surface area (Å²) >= 11 is 0. The highest BCUT2D eigenvalue weighted by Gasteiger charge is 2.13. The summed E-state index contributed by atoms with van der Waals surface area (Å²) in [6, 6.07) is 0. The SMILES string of the molecule is COc1nc(N)nc(C(C)C)c1N. The number of hydrogen-bond acceptors (Lipinski definition) is 5. The van der Waals surface area contributed by atoms with Crippen molar-refractivity contribution in [1.82, 2.24) is 9.97 Å². The monoisotopic (exact) mass is 182 g/mol. The first-order valence-corrected chi connectivity index (χ1v) is 4.03. The Morgan fingerprint density at radius 1 is 1.23 bits per heavy atom. The zero-order valence-electron chi connectivity index (χ0n) is 8.03. The molecule has 0 atom stereocenters. The molecule has 13 heavy (non-hydrogen) atoms. The number of methoxy groups -OCH3 is 1. The van der Waals surface area contributed by atoms with E-state index in [0.29, 0.717) is 11.6 Å². The number of anilines is 2. The van der Waals surface area contributed by atoms with Gasteiger partial charge in [-0.25, -0.2) is 4.98 Å². The molecule has 0 aliphatic rings. The molecule has 0 bridgehead atoms. The lowest BCUT2D eigenvalue weighted by Crippen LogP contribution is -2.08. The van der Waals surface area contributed by atoms with Crippen molar-refractivity contribution in [2.24, 2.45) is 0 Å². The van der Waals surface area contributed by atoms with Crippen LogP contribution in [0.15, 0.2) is 0 Å². The van der Waals surface area contributed by atoms with E-state index in [0.717, 1.165) is 5.69 Å². The van der Waals surface area contributed by atoms with E-state index in [1.54, 1.807) is 0 Å². The van der Waals surface area contributed by atoms with Crippen LogP contribution >= 0.6 is 0 Å². The molecule has 1 aromatic rings. The highest BCUT2D eigenvalue weighted by molar-refractivity contribution is 5.55. The summed E-state index contributed by atoms with van der Waals surface area (Å²) in [5.74, 6) is 0.741. The van der Waals surface area contributed by atoms with Gasteiger partial charge in [0.15, 0.2) is 0 Å². The van der Waals surface area contributed by atoms with Crippen LogP contribution < -0.4 is 16.2 Å². The maximum atomic E-state index is 5.76. The molecule has 5 heteroatoms. The molecule has 72 valence electrons. The topological polar surface area (TPSA) is 87.0 Å². The molecule has 0 aromatic carbocycles. The molecule has 0 saturated heterocycles. The van der Waals surface area contributed by atoms with Crippen molar-refractivity contribution in [3.05, 3.63) is 5.69 Å². The molecular formula is C8H14N4O. The molecule has 0 aliphatic heterocycles. The third-order valence-electron chi connectivity index (χ3n) is 1.70. The van der Waals surface area contributed by atoms with Crippen LogP contribution in [0.5, 0.6) is 5.88 Å². The molecule has 0 amide bonds. The number of hydrogen-bond donors (Lipinski definition) is 2. The number of nitrogens with zero attached hydrogens (tertiary/aromatic N) is 2. The lowest BCUT2D eigenvalue weighted by molar-refractivity contribution is 0.399. The molecule has 1 heterocycles. The van der Waals surface area contributed by atoms with Gasteiger partial charge >= 0.3 is 0 Å². The lowest BCUT2D eigenvalue weighted by Gasteiger charge is -2.11. The molecule has 1 aromatic heterocycles. The molecule has 1 rings (SSSR count). The average Bonchev–Trinajstić information content (AvgIpc) is 2.08. The molecule has 5 nitrogen and oxygen atoms in total. The van der Waals surface area contributed by atoms with Gasteiger partial charge in [-0.2, -0.15) is 4.98 Å². The number of aromatic nitrogens is 2. The Morgan fingerprint density at radius 3 is 2.31 bits per heavy atom. The maximum absolute atomic E-state index is 5.76. The van der Waals surface area contributed by atoms with Gasteiger partial charge in [-0.05, 0) is 5.92 Å². The quantitative estimate of drug-likeness (QED) is 0.705. The number of rotatable bonds is 2. The van der Waals surface area contributed by atoms with Crippen LogP contribution in [0.2, 0.25) is 0 Å². The van der Waals surface area contributed by atoms with E-state index in [4.69, 9.17) is 16.2 Å². The molecular weight excluding hydrogens is 168 g/mol. The van der Waals surface area contributed by atoms with Gasteiger partial charge in [0.05, 0.1) is 12.8 Å². The standard InChI is InChI=1S/C8H14N4O/c1-4(2)6-5(9)7(13-3)12-8(10)11-6/h4H,9H2,1-3H3,(H2,10,11,12). The van der Waals surface area contributed by atoms with Crippen LogP contribution in [0.25, 0.3) is 0 Å². The highest BCUT2D eigenvalue weighted by atomic mass is 16.5. The Balaban J connectivity index is 3.27. The largest absolute Gasteiger partial charge is 0.479 e. The summed E-state index contributed by atoms with van der Waals surface area (Å²) in [5.41, 5.74) is 12.4. The van der Waals surface area contributed by atoms with Crippen LogP contribution in [-0.2, 0) is 0 Å². The Bertz CT molecular complexity index is 311.